The van der Waals surface area contributed by atoms with Gasteiger partial charge in [-0.3, -0.25) is 9.36 Å². The van der Waals surface area contributed by atoms with E-state index in [4.69, 9.17) is 9.97 Å². The van der Waals surface area contributed by atoms with Gasteiger partial charge in [0.2, 0.25) is 5.88 Å². The molecule has 0 radical (unpaired) electrons. The number of benzene rings is 2. The normalized spacial score (nSPS) is 15.8. The van der Waals surface area contributed by atoms with Crippen molar-refractivity contribution in [3.05, 3.63) is 84.1 Å². The van der Waals surface area contributed by atoms with Crippen LogP contribution in [0.2, 0.25) is 0 Å². The number of Topliss-reactive ketones (excluding diaryl/α,β-unsaturated/α-hetero) is 1. The monoisotopic (exact) mass is 395 g/mol. The Balaban J connectivity index is 1.72. The largest absolute Gasteiger partial charge is 0.493 e. The molecule has 5 nitrogen and oxygen atoms in total. The van der Waals surface area contributed by atoms with Crippen LogP contribution < -0.4 is 0 Å². The van der Waals surface area contributed by atoms with Gasteiger partial charge in [0, 0.05) is 17.5 Å². The summed E-state index contributed by atoms with van der Waals surface area (Å²) >= 11 is 0. The van der Waals surface area contributed by atoms with Gasteiger partial charge in [-0.2, -0.15) is 0 Å². The highest BCUT2D eigenvalue weighted by Gasteiger charge is 2.26. The first kappa shape index (κ1) is 18.3. The summed E-state index contributed by atoms with van der Waals surface area (Å²) in [5, 5.41) is 11.1. The zero-order chi connectivity index (χ0) is 20.7. The predicted molar refractivity (Wildman–Crippen MR) is 116 cm³/mol. The van der Waals surface area contributed by atoms with Crippen molar-refractivity contribution in [1.82, 2.24) is 14.5 Å². The molecule has 1 aliphatic rings. The average molecular weight is 395 g/mol. The number of rotatable bonds is 3. The number of ketones is 1. The van der Waals surface area contributed by atoms with Crippen molar-refractivity contribution in [2.75, 3.05) is 0 Å². The fourth-order valence-corrected chi connectivity index (χ4v) is 4.06. The standard InChI is InChI=1S/C25H21N3O2/c1-16-14-21-19(22(29)15-16)12-13-20(26-21)24-27-23(17-8-4-2-5-9-17)25(30)28(24)18-10-6-3-7-11-18/h2-13,16,30H,14-15H2,1H3. The van der Waals surface area contributed by atoms with Crippen molar-refractivity contribution in [3.63, 3.8) is 0 Å². The van der Waals surface area contributed by atoms with E-state index in [9.17, 15) is 9.90 Å². The smallest absolute Gasteiger partial charge is 0.224 e. The number of imidazole rings is 1. The number of pyridine rings is 1. The molecule has 0 saturated heterocycles. The van der Waals surface area contributed by atoms with Gasteiger partial charge in [-0.1, -0.05) is 55.5 Å². The number of aromatic nitrogens is 3. The van der Waals surface area contributed by atoms with Gasteiger partial charge in [0.05, 0.1) is 11.4 Å². The SMILES string of the molecule is CC1CC(=O)c2ccc(-c3nc(-c4ccccc4)c(O)n3-c3ccccc3)nc2C1. The first-order chi connectivity index (χ1) is 14.6. The lowest BCUT2D eigenvalue weighted by atomic mass is 9.87. The van der Waals surface area contributed by atoms with Gasteiger partial charge in [0.15, 0.2) is 11.6 Å². The number of carbonyl (C=O) groups is 1. The molecule has 4 aromatic rings. The third-order valence-electron chi connectivity index (χ3n) is 5.49. The Morgan fingerprint density at radius 1 is 0.900 bits per heavy atom. The van der Waals surface area contributed by atoms with E-state index in [0.29, 0.717) is 29.2 Å². The minimum atomic E-state index is 0.0614. The number of carbonyl (C=O) groups excluding carboxylic acids is 1. The molecule has 5 heteroatoms. The molecule has 2 heterocycles. The second kappa shape index (κ2) is 7.26. The van der Waals surface area contributed by atoms with Crippen LogP contribution in [0.15, 0.2) is 72.8 Å². The van der Waals surface area contributed by atoms with Crippen LogP contribution in [-0.2, 0) is 6.42 Å². The summed E-state index contributed by atoms with van der Waals surface area (Å²) in [5.41, 5.74) is 4.26. The molecule has 1 N–H and O–H groups in total. The molecule has 0 aliphatic heterocycles. The lowest BCUT2D eigenvalue weighted by Gasteiger charge is -2.20. The summed E-state index contributed by atoms with van der Waals surface area (Å²) in [7, 11) is 0. The van der Waals surface area contributed by atoms with Crippen molar-refractivity contribution in [2.24, 2.45) is 5.92 Å². The summed E-state index contributed by atoms with van der Waals surface area (Å²) in [6, 6.07) is 22.9. The highest BCUT2D eigenvalue weighted by atomic mass is 16.3. The Hall–Kier alpha value is -3.73. The van der Waals surface area contributed by atoms with Crippen LogP contribution in [0.3, 0.4) is 0 Å². The van der Waals surface area contributed by atoms with E-state index in [1.165, 1.54) is 0 Å². The van der Waals surface area contributed by atoms with Crippen LogP contribution in [0.25, 0.3) is 28.5 Å². The second-order valence-corrected chi connectivity index (χ2v) is 7.77. The fraction of sp³-hybridized carbons (Fsp3) is 0.160. The number of hydrogen-bond donors (Lipinski definition) is 1. The summed E-state index contributed by atoms with van der Waals surface area (Å²) in [4.78, 5) is 22.0. The van der Waals surface area contributed by atoms with Gasteiger partial charge in [-0.05, 0) is 36.6 Å². The van der Waals surface area contributed by atoms with Crippen molar-refractivity contribution in [2.45, 2.75) is 19.8 Å². The van der Waals surface area contributed by atoms with Crippen molar-refractivity contribution in [3.8, 4) is 34.3 Å². The molecule has 0 bridgehead atoms. The number of para-hydroxylation sites is 1. The Kier molecular flexibility index (Phi) is 4.43. The topological polar surface area (TPSA) is 68.0 Å². The lowest BCUT2D eigenvalue weighted by Crippen LogP contribution is -2.19. The number of aromatic hydroxyl groups is 1. The number of nitrogens with zero attached hydrogens (tertiary/aromatic N) is 3. The molecule has 1 unspecified atom stereocenters. The van der Waals surface area contributed by atoms with Gasteiger partial charge in [-0.25, -0.2) is 9.97 Å². The number of fused-ring (bicyclic) bond motifs is 1. The van der Waals surface area contributed by atoms with Crippen LogP contribution in [0.1, 0.15) is 29.4 Å². The van der Waals surface area contributed by atoms with Crippen LogP contribution in [0.4, 0.5) is 0 Å². The van der Waals surface area contributed by atoms with E-state index in [-0.39, 0.29) is 17.6 Å². The minimum absolute atomic E-state index is 0.0614. The molecule has 0 saturated carbocycles. The maximum absolute atomic E-state index is 12.4. The Morgan fingerprint density at radius 3 is 2.33 bits per heavy atom. The molecule has 1 aliphatic carbocycles. The molecule has 0 amide bonds. The fourth-order valence-electron chi connectivity index (χ4n) is 4.06. The van der Waals surface area contributed by atoms with E-state index in [1.54, 1.807) is 4.57 Å². The average Bonchev–Trinajstić information content (AvgIpc) is 3.11. The highest BCUT2D eigenvalue weighted by Crippen LogP contribution is 2.36. The van der Waals surface area contributed by atoms with E-state index in [2.05, 4.69) is 6.92 Å². The van der Waals surface area contributed by atoms with Crippen LogP contribution in [0.5, 0.6) is 5.88 Å². The van der Waals surface area contributed by atoms with Gasteiger partial charge in [0.1, 0.15) is 11.4 Å². The van der Waals surface area contributed by atoms with Gasteiger partial charge in [-0.15, -0.1) is 0 Å². The third-order valence-corrected chi connectivity index (χ3v) is 5.49. The highest BCUT2D eigenvalue weighted by molar-refractivity contribution is 5.98. The third kappa shape index (κ3) is 3.08. The molecule has 30 heavy (non-hydrogen) atoms. The lowest BCUT2D eigenvalue weighted by molar-refractivity contribution is 0.0952. The summed E-state index contributed by atoms with van der Waals surface area (Å²) < 4.78 is 1.71. The summed E-state index contributed by atoms with van der Waals surface area (Å²) in [5.74, 6) is 1.02. The molecule has 0 spiro atoms. The summed E-state index contributed by atoms with van der Waals surface area (Å²) in [6.45, 7) is 2.07. The first-order valence-corrected chi connectivity index (χ1v) is 10.1. The first-order valence-electron chi connectivity index (χ1n) is 10.1. The zero-order valence-electron chi connectivity index (χ0n) is 16.6. The molecule has 2 aromatic carbocycles. The van der Waals surface area contributed by atoms with Gasteiger partial charge >= 0.3 is 0 Å². The second-order valence-electron chi connectivity index (χ2n) is 7.77. The molecule has 0 fully saturated rings. The Morgan fingerprint density at radius 2 is 1.60 bits per heavy atom. The van der Waals surface area contributed by atoms with Crippen LogP contribution in [-0.4, -0.2) is 25.4 Å². The van der Waals surface area contributed by atoms with E-state index in [0.717, 1.165) is 23.4 Å². The zero-order valence-corrected chi connectivity index (χ0v) is 16.6. The van der Waals surface area contributed by atoms with Crippen LogP contribution in [0, 0.1) is 5.92 Å². The quantitative estimate of drug-likeness (QED) is 0.526. The molecular weight excluding hydrogens is 374 g/mol. The Bertz CT molecular complexity index is 1230. The molecule has 2 aromatic heterocycles. The maximum atomic E-state index is 12.4. The molecule has 1 atom stereocenters. The Labute approximate surface area is 174 Å². The summed E-state index contributed by atoms with van der Waals surface area (Å²) in [6.07, 6.45) is 1.32. The van der Waals surface area contributed by atoms with E-state index < -0.39 is 0 Å². The van der Waals surface area contributed by atoms with Crippen molar-refractivity contribution >= 4 is 5.78 Å². The molecular formula is C25H21N3O2. The van der Waals surface area contributed by atoms with Gasteiger partial charge in [0.25, 0.3) is 0 Å². The minimum Gasteiger partial charge on any atom is -0.493 e. The van der Waals surface area contributed by atoms with Gasteiger partial charge < -0.3 is 5.11 Å². The predicted octanol–water partition coefficient (Wildman–Crippen LogP) is 5.07. The molecule has 148 valence electrons. The van der Waals surface area contributed by atoms with Crippen molar-refractivity contribution in [1.29, 1.82) is 0 Å². The number of hydrogen-bond acceptors (Lipinski definition) is 4. The van der Waals surface area contributed by atoms with E-state index in [1.807, 2.05) is 72.8 Å². The maximum Gasteiger partial charge on any atom is 0.224 e. The molecule has 5 rings (SSSR count). The van der Waals surface area contributed by atoms with E-state index >= 15 is 0 Å². The van der Waals surface area contributed by atoms with Crippen LogP contribution >= 0.6 is 0 Å². The van der Waals surface area contributed by atoms with Crippen molar-refractivity contribution < 1.29 is 9.90 Å².